The van der Waals surface area contributed by atoms with E-state index in [1.54, 1.807) is 0 Å². The highest BCUT2D eigenvalue weighted by Gasteiger charge is 2.31. The zero-order valence-corrected chi connectivity index (χ0v) is 14.3. The summed E-state index contributed by atoms with van der Waals surface area (Å²) in [4.78, 5) is 8.79. The maximum Gasteiger partial charge on any atom is 0.189 e. The summed E-state index contributed by atoms with van der Waals surface area (Å²) in [5.74, 6) is 0.326. The second kappa shape index (κ2) is 7.23. The van der Waals surface area contributed by atoms with Crippen molar-refractivity contribution >= 4 is 28.8 Å². The van der Waals surface area contributed by atoms with E-state index in [1.807, 2.05) is 12.4 Å². The zero-order chi connectivity index (χ0) is 16.2. The Hall–Kier alpha value is -1.73. The number of rotatable bonds is 2. The van der Waals surface area contributed by atoms with E-state index in [-0.39, 0.29) is 6.10 Å². The standard InChI is InChI=1S/C16H23N5OS/c1-3-20-7-9-21(10-8-20)16(23)19-18-13-5-11-22-15-12(2)4-6-17-14(13)15/h3-4,6,12,15H,1,5,7-11H2,2H3,(H,19,23)/b18-13-. The number of hydrazone groups is 1. The topological polar surface area (TPSA) is 52.5 Å². The molecule has 124 valence electrons. The lowest BCUT2D eigenvalue weighted by Gasteiger charge is -2.35. The van der Waals surface area contributed by atoms with Crippen LogP contribution < -0.4 is 5.43 Å². The molecule has 2 atom stereocenters. The molecule has 0 aromatic carbocycles. The lowest BCUT2D eigenvalue weighted by molar-refractivity contribution is 0.0750. The molecule has 3 heterocycles. The molecule has 0 radical (unpaired) electrons. The molecule has 2 unspecified atom stereocenters. The molecular weight excluding hydrogens is 310 g/mol. The largest absolute Gasteiger partial charge is 0.374 e. The summed E-state index contributed by atoms with van der Waals surface area (Å²) in [5.41, 5.74) is 4.92. The molecule has 0 aromatic rings. The molecule has 2 fully saturated rings. The van der Waals surface area contributed by atoms with Crippen LogP contribution in [-0.4, -0.2) is 65.2 Å². The van der Waals surface area contributed by atoms with E-state index in [9.17, 15) is 0 Å². The number of aliphatic imine (C=N–C) groups is 1. The van der Waals surface area contributed by atoms with Gasteiger partial charge in [-0.05, 0) is 18.4 Å². The molecule has 2 saturated heterocycles. The van der Waals surface area contributed by atoms with Gasteiger partial charge in [-0.3, -0.25) is 10.4 Å². The summed E-state index contributed by atoms with van der Waals surface area (Å²) in [6.07, 6.45) is 6.56. The van der Waals surface area contributed by atoms with Crippen molar-refractivity contribution in [3.05, 3.63) is 25.1 Å². The summed E-state index contributed by atoms with van der Waals surface area (Å²) in [6.45, 7) is 10.3. The first-order chi connectivity index (χ1) is 11.2. The highest BCUT2D eigenvalue weighted by molar-refractivity contribution is 7.80. The maximum atomic E-state index is 5.82. The smallest absolute Gasteiger partial charge is 0.189 e. The zero-order valence-electron chi connectivity index (χ0n) is 13.4. The van der Waals surface area contributed by atoms with Gasteiger partial charge < -0.3 is 14.5 Å². The van der Waals surface area contributed by atoms with Gasteiger partial charge in [0.15, 0.2) is 5.11 Å². The van der Waals surface area contributed by atoms with Crippen LogP contribution in [-0.2, 0) is 4.74 Å². The summed E-state index contributed by atoms with van der Waals surface area (Å²) in [6, 6.07) is 0. The van der Waals surface area contributed by atoms with Crippen LogP contribution in [0.3, 0.4) is 0 Å². The van der Waals surface area contributed by atoms with Crippen molar-refractivity contribution in [3.63, 3.8) is 0 Å². The van der Waals surface area contributed by atoms with Gasteiger partial charge in [0, 0.05) is 44.7 Å². The summed E-state index contributed by atoms with van der Waals surface area (Å²) < 4.78 is 5.82. The van der Waals surface area contributed by atoms with Crippen molar-refractivity contribution in [2.24, 2.45) is 16.0 Å². The van der Waals surface area contributed by atoms with E-state index in [0.29, 0.717) is 17.6 Å². The predicted octanol–water partition coefficient (Wildman–Crippen LogP) is 1.37. The van der Waals surface area contributed by atoms with Gasteiger partial charge in [0.1, 0.15) is 6.10 Å². The lowest BCUT2D eigenvalue weighted by atomic mass is 9.92. The normalized spacial score (nSPS) is 29.1. The van der Waals surface area contributed by atoms with Gasteiger partial charge in [-0.1, -0.05) is 19.6 Å². The van der Waals surface area contributed by atoms with Gasteiger partial charge in [-0.15, -0.1) is 0 Å². The third-order valence-electron chi connectivity index (χ3n) is 4.43. The van der Waals surface area contributed by atoms with Gasteiger partial charge in [0.25, 0.3) is 0 Å². The second-order valence-corrected chi connectivity index (χ2v) is 6.32. The molecule has 0 amide bonds. The predicted molar refractivity (Wildman–Crippen MR) is 96.6 cm³/mol. The molecule has 0 aromatic heterocycles. The van der Waals surface area contributed by atoms with Crippen LogP contribution in [0.2, 0.25) is 0 Å². The number of nitrogens with zero attached hydrogens (tertiary/aromatic N) is 4. The Bertz CT molecular complexity index is 563. The Kier molecular flexibility index (Phi) is 5.07. The van der Waals surface area contributed by atoms with E-state index in [4.69, 9.17) is 17.0 Å². The number of fused-ring (bicyclic) bond motifs is 1. The van der Waals surface area contributed by atoms with Crippen molar-refractivity contribution < 1.29 is 4.74 Å². The molecule has 6 nitrogen and oxygen atoms in total. The van der Waals surface area contributed by atoms with Gasteiger partial charge in [0.05, 0.1) is 18.0 Å². The first-order valence-electron chi connectivity index (χ1n) is 8.03. The number of hydrogen-bond acceptors (Lipinski definition) is 5. The molecule has 0 aliphatic carbocycles. The number of ether oxygens (including phenoxy) is 1. The Labute approximate surface area is 142 Å². The summed E-state index contributed by atoms with van der Waals surface area (Å²) >= 11 is 5.47. The van der Waals surface area contributed by atoms with Gasteiger partial charge >= 0.3 is 0 Å². The van der Waals surface area contributed by atoms with Crippen LogP contribution in [0, 0.1) is 5.92 Å². The van der Waals surface area contributed by atoms with E-state index < -0.39 is 0 Å². The lowest BCUT2D eigenvalue weighted by Crippen LogP contribution is -2.50. The summed E-state index contributed by atoms with van der Waals surface area (Å²) in [7, 11) is 0. The first-order valence-corrected chi connectivity index (χ1v) is 8.44. The molecule has 0 saturated carbocycles. The van der Waals surface area contributed by atoms with E-state index >= 15 is 0 Å². The van der Waals surface area contributed by atoms with Crippen LogP contribution in [0.25, 0.3) is 0 Å². The third-order valence-corrected chi connectivity index (χ3v) is 4.78. The fraction of sp³-hybridized carbons (Fsp3) is 0.562. The number of hydrogen-bond donors (Lipinski definition) is 1. The minimum atomic E-state index is 0.0130. The van der Waals surface area contributed by atoms with Gasteiger partial charge in [-0.25, -0.2) is 0 Å². The maximum absolute atomic E-state index is 5.82. The van der Waals surface area contributed by atoms with Crippen molar-refractivity contribution in [1.82, 2.24) is 15.2 Å². The van der Waals surface area contributed by atoms with Gasteiger partial charge in [-0.2, -0.15) is 5.10 Å². The Morgan fingerprint density at radius 3 is 3.00 bits per heavy atom. The van der Waals surface area contributed by atoms with E-state index in [1.165, 1.54) is 0 Å². The Balaban J connectivity index is 1.61. The quantitative estimate of drug-likeness (QED) is 0.611. The molecule has 3 aliphatic rings. The van der Waals surface area contributed by atoms with Crippen molar-refractivity contribution in [1.29, 1.82) is 0 Å². The van der Waals surface area contributed by atoms with Crippen LogP contribution in [0.4, 0.5) is 0 Å². The number of nitrogens with one attached hydrogen (secondary N) is 1. The number of thiocarbonyl (C=S) groups is 1. The molecule has 23 heavy (non-hydrogen) atoms. The minimum Gasteiger partial charge on any atom is -0.374 e. The van der Waals surface area contributed by atoms with Crippen molar-refractivity contribution in [2.75, 3.05) is 32.8 Å². The SMILES string of the molecule is C=CN1CCN(C(=S)N/N=C2/CCOC3C2=NC=CC3C)CC1. The average Bonchev–Trinajstić information content (AvgIpc) is 2.60. The highest BCUT2D eigenvalue weighted by atomic mass is 32.1. The van der Waals surface area contributed by atoms with Crippen molar-refractivity contribution in [3.8, 4) is 0 Å². The molecule has 0 spiro atoms. The third kappa shape index (κ3) is 3.61. The Morgan fingerprint density at radius 2 is 2.26 bits per heavy atom. The average molecular weight is 333 g/mol. The molecule has 7 heteroatoms. The van der Waals surface area contributed by atoms with E-state index in [2.05, 4.69) is 44.9 Å². The Morgan fingerprint density at radius 1 is 1.48 bits per heavy atom. The van der Waals surface area contributed by atoms with Crippen LogP contribution in [0.15, 0.2) is 35.1 Å². The first kappa shape index (κ1) is 16.1. The van der Waals surface area contributed by atoms with Gasteiger partial charge in [0.2, 0.25) is 0 Å². The van der Waals surface area contributed by atoms with Crippen molar-refractivity contribution in [2.45, 2.75) is 19.4 Å². The fourth-order valence-electron chi connectivity index (χ4n) is 2.97. The fourth-order valence-corrected chi connectivity index (χ4v) is 3.20. The summed E-state index contributed by atoms with van der Waals surface area (Å²) in [5, 5.41) is 5.19. The molecule has 3 rings (SSSR count). The monoisotopic (exact) mass is 333 g/mol. The molecular formula is C16H23N5OS. The minimum absolute atomic E-state index is 0.0130. The molecule has 0 bridgehead atoms. The molecule has 3 aliphatic heterocycles. The van der Waals surface area contributed by atoms with Crippen LogP contribution >= 0.6 is 12.2 Å². The van der Waals surface area contributed by atoms with Crippen LogP contribution in [0.1, 0.15) is 13.3 Å². The molecule has 1 N–H and O–H groups in total. The number of piperazine rings is 1. The van der Waals surface area contributed by atoms with E-state index in [0.717, 1.165) is 44.0 Å². The highest BCUT2D eigenvalue weighted by Crippen LogP contribution is 2.21. The van der Waals surface area contributed by atoms with Crippen LogP contribution in [0.5, 0.6) is 0 Å². The second-order valence-electron chi connectivity index (χ2n) is 5.94.